The molecule has 9 heteroatoms. The Labute approximate surface area is 175 Å². The minimum atomic E-state index is -0.202. The van der Waals surface area contributed by atoms with Crippen molar-refractivity contribution in [1.29, 1.82) is 0 Å². The van der Waals surface area contributed by atoms with Crippen LogP contribution in [-0.2, 0) is 0 Å². The van der Waals surface area contributed by atoms with Gasteiger partial charge >= 0.3 is 0 Å². The zero-order chi connectivity index (χ0) is 21.3. The van der Waals surface area contributed by atoms with Crippen LogP contribution in [0.3, 0.4) is 0 Å². The number of aromatic nitrogens is 3. The second kappa shape index (κ2) is 8.03. The molecular weight excluding hydrogens is 406 g/mol. The Balaban J connectivity index is 1.89. The van der Waals surface area contributed by atoms with E-state index >= 15 is 0 Å². The lowest BCUT2D eigenvalue weighted by Gasteiger charge is -2.13. The molecule has 0 aliphatic carbocycles. The number of rotatable bonds is 6. The van der Waals surface area contributed by atoms with Crippen molar-refractivity contribution in [3.05, 3.63) is 56.8 Å². The number of methoxy groups -OCH3 is 4. The first-order valence-electron chi connectivity index (χ1n) is 8.93. The summed E-state index contributed by atoms with van der Waals surface area (Å²) < 4.78 is 23.5. The lowest BCUT2D eigenvalue weighted by atomic mass is 10.1. The van der Waals surface area contributed by atoms with Crippen molar-refractivity contribution in [3.63, 3.8) is 0 Å². The molecule has 0 saturated carbocycles. The van der Waals surface area contributed by atoms with Crippen molar-refractivity contribution in [2.45, 2.75) is 0 Å². The lowest BCUT2D eigenvalue weighted by molar-refractivity contribution is 0.324. The summed E-state index contributed by atoms with van der Waals surface area (Å²) in [5.41, 5.74) is 1.28. The number of fused-ring (bicyclic) bond motifs is 1. The summed E-state index contributed by atoms with van der Waals surface area (Å²) >= 11 is 1.27. The topological polar surface area (TPSA) is 84.2 Å². The van der Waals surface area contributed by atoms with Gasteiger partial charge in [-0.3, -0.25) is 4.79 Å². The van der Waals surface area contributed by atoms with Crippen molar-refractivity contribution in [2.24, 2.45) is 0 Å². The van der Waals surface area contributed by atoms with Gasteiger partial charge in [0, 0.05) is 5.56 Å². The van der Waals surface area contributed by atoms with E-state index in [4.69, 9.17) is 18.9 Å². The Morgan fingerprint density at radius 3 is 2.30 bits per heavy atom. The molecule has 0 aliphatic heterocycles. The first kappa shape index (κ1) is 19.7. The highest BCUT2D eigenvalue weighted by molar-refractivity contribution is 7.15. The predicted octanol–water partition coefficient (Wildman–Crippen LogP) is 2.40. The van der Waals surface area contributed by atoms with Gasteiger partial charge in [0.25, 0.3) is 5.56 Å². The van der Waals surface area contributed by atoms with Gasteiger partial charge in [0.2, 0.25) is 10.7 Å². The molecule has 0 saturated heterocycles. The van der Waals surface area contributed by atoms with Crippen molar-refractivity contribution >= 4 is 22.4 Å². The minimum Gasteiger partial charge on any atom is -0.497 e. The van der Waals surface area contributed by atoms with E-state index in [9.17, 15) is 4.79 Å². The molecule has 0 unspecified atom stereocenters. The SMILES string of the molecule is COc1cccc(/C=c2/sc3nnc(-c4cc(OC)c(OC)c(OC)c4)n3c2=O)c1. The fraction of sp³-hybridized carbons (Fsp3) is 0.190. The fourth-order valence-electron chi connectivity index (χ4n) is 3.14. The van der Waals surface area contributed by atoms with Crippen LogP contribution in [0, 0.1) is 0 Å². The third kappa shape index (κ3) is 3.33. The summed E-state index contributed by atoms with van der Waals surface area (Å²) in [5.74, 6) is 2.52. The van der Waals surface area contributed by atoms with Gasteiger partial charge in [0.05, 0.1) is 33.0 Å². The molecule has 0 spiro atoms. The molecule has 30 heavy (non-hydrogen) atoms. The van der Waals surface area contributed by atoms with Gasteiger partial charge in [-0.25, -0.2) is 4.40 Å². The van der Waals surface area contributed by atoms with Gasteiger partial charge in [-0.05, 0) is 35.9 Å². The number of hydrogen-bond acceptors (Lipinski definition) is 8. The lowest BCUT2D eigenvalue weighted by Crippen LogP contribution is -2.23. The highest BCUT2D eigenvalue weighted by Crippen LogP contribution is 2.40. The maximum atomic E-state index is 13.1. The normalized spacial score (nSPS) is 11.7. The quantitative estimate of drug-likeness (QED) is 0.469. The highest BCUT2D eigenvalue weighted by Gasteiger charge is 2.19. The molecule has 154 valence electrons. The first-order valence-corrected chi connectivity index (χ1v) is 9.75. The molecule has 2 heterocycles. The molecule has 0 aliphatic rings. The summed E-state index contributed by atoms with van der Waals surface area (Å²) in [7, 11) is 6.20. The van der Waals surface area contributed by atoms with E-state index in [1.165, 1.54) is 37.1 Å². The Kier molecular flexibility index (Phi) is 5.28. The second-order valence-corrected chi connectivity index (χ2v) is 7.26. The third-order valence-electron chi connectivity index (χ3n) is 4.56. The smallest absolute Gasteiger partial charge is 0.276 e. The molecule has 8 nitrogen and oxygen atoms in total. The molecule has 0 N–H and O–H groups in total. The van der Waals surface area contributed by atoms with Crippen LogP contribution < -0.4 is 29.0 Å². The fourth-order valence-corrected chi connectivity index (χ4v) is 4.05. The number of nitrogens with zero attached hydrogens (tertiary/aromatic N) is 3. The van der Waals surface area contributed by atoms with Crippen LogP contribution in [0.15, 0.2) is 41.2 Å². The molecule has 0 atom stereocenters. The summed E-state index contributed by atoms with van der Waals surface area (Å²) in [6.45, 7) is 0. The van der Waals surface area contributed by atoms with Gasteiger partial charge < -0.3 is 18.9 Å². The van der Waals surface area contributed by atoms with E-state index in [2.05, 4.69) is 10.2 Å². The highest BCUT2D eigenvalue weighted by atomic mass is 32.1. The molecule has 0 radical (unpaired) electrons. The average molecular weight is 425 g/mol. The van der Waals surface area contributed by atoms with Crippen LogP contribution in [-0.4, -0.2) is 43.0 Å². The molecule has 0 fully saturated rings. The molecule has 2 aromatic heterocycles. The van der Waals surface area contributed by atoms with Gasteiger partial charge in [-0.2, -0.15) is 0 Å². The van der Waals surface area contributed by atoms with Crippen molar-refractivity contribution in [1.82, 2.24) is 14.6 Å². The standard InChI is InChI=1S/C21H19N3O5S/c1-26-14-7-5-6-12(8-14)9-17-20(25)24-19(22-23-21(24)30-17)13-10-15(27-2)18(29-4)16(11-13)28-3/h5-11H,1-4H3/b17-9+. The summed E-state index contributed by atoms with van der Waals surface area (Å²) in [6, 6.07) is 11.0. The molecule has 4 rings (SSSR count). The minimum absolute atomic E-state index is 0.202. The van der Waals surface area contributed by atoms with E-state index in [0.29, 0.717) is 38.1 Å². The van der Waals surface area contributed by atoms with E-state index < -0.39 is 0 Å². The van der Waals surface area contributed by atoms with Crippen molar-refractivity contribution < 1.29 is 18.9 Å². The number of thiazole rings is 1. The largest absolute Gasteiger partial charge is 0.497 e. The average Bonchev–Trinajstić information content (AvgIpc) is 3.33. The van der Waals surface area contributed by atoms with Gasteiger partial charge in [-0.15, -0.1) is 10.2 Å². The maximum absolute atomic E-state index is 13.1. The van der Waals surface area contributed by atoms with E-state index in [0.717, 1.165) is 11.3 Å². The van der Waals surface area contributed by atoms with Crippen LogP contribution in [0.1, 0.15) is 5.56 Å². The molecular formula is C21H19N3O5S. The third-order valence-corrected chi connectivity index (χ3v) is 5.52. The van der Waals surface area contributed by atoms with Crippen LogP contribution in [0.5, 0.6) is 23.0 Å². The molecule has 0 amide bonds. The van der Waals surface area contributed by atoms with Crippen molar-refractivity contribution in [2.75, 3.05) is 28.4 Å². The number of hydrogen-bond donors (Lipinski definition) is 0. The summed E-state index contributed by atoms with van der Waals surface area (Å²) in [4.78, 5) is 13.6. The van der Waals surface area contributed by atoms with Crippen LogP contribution >= 0.6 is 11.3 Å². The van der Waals surface area contributed by atoms with E-state index in [-0.39, 0.29) is 5.56 Å². The monoisotopic (exact) mass is 425 g/mol. The second-order valence-electron chi connectivity index (χ2n) is 6.25. The van der Waals surface area contributed by atoms with E-state index in [1.807, 2.05) is 30.3 Å². The zero-order valence-corrected chi connectivity index (χ0v) is 17.6. The Hall–Kier alpha value is -3.59. The van der Waals surface area contributed by atoms with Crippen LogP contribution in [0.2, 0.25) is 0 Å². The van der Waals surface area contributed by atoms with Crippen molar-refractivity contribution in [3.8, 4) is 34.4 Å². The maximum Gasteiger partial charge on any atom is 0.276 e. The number of benzene rings is 2. The van der Waals surface area contributed by atoms with Crippen LogP contribution in [0.25, 0.3) is 22.4 Å². The Bertz CT molecular complexity index is 1300. The van der Waals surface area contributed by atoms with Crippen LogP contribution in [0.4, 0.5) is 0 Å². The van der Waals surface area contributed by atoms with Gasteiger partial charge in [0.15, 0.2) is 17.3 Å². The first-order chi connectivity index (χ1) is 14.6. The molecule has 4 aromatic rings. The summed E-state index contributed by atoms with van der Waals surface area (Å²) in [5, 5.41) is 8.39. The van der Waals surface area contributed by atoms with Gasteiger partial charge in [-0.1, -0.05) is 23.5 Å². The summed E-state index contributed by atoms with van der Waals surface area (Å²) in [6.07, 6.45) is 1.81. The Morgan fingerprint density at radius 1 is 0.933 bits per heavy atom. The molecule has 0 bridgehead atoms. The zero-order valence-electron chi connectivity index (χ0n) is 16.8. The predicted molar refractivity (Wildman–Crippen MR) is 114 cm³/mol. The van der Waals surface area contributed by atoms with E-state index in [1.54, 1.807) is 19.2 Å². The number of ether oxygens (including phenoxy) is 4. The van der Waals surface area contributed by atoms with Gasteiger partial charge in [0.1, 0.15) is 5.75 Å². The Morgan fingerprint density at radius 2 is 1.67 bits per heavy atom. The molecule has 2 aromatic carbocycles.